The van der Waals surface area contributed by atoms with E-state index in [1.807, 2.05) is 53.1 Å². The number of piperazine rings is 1. The first-order valence-corrected chi connectivity index (χ1v) is 11.0. The molecule has 0 saturated carbocycles. The lowest BCUT2D eigenvalue weighted by Gasteiger charge is -2.35. The first kappa shape index (κ1) is 21.0. The number of nitrogens with zero attached hydrogens (tertiary/aromatic N) is 5. The standard InChI is InChI=1S/C24H29N5O2/c1-3-4-7-21(30)27-13-15-28(16-14-27)23-24(31)29(17-19-10-8-18(2)9-11-19)22-20(26-23)6-5-12-25-22/h5-6,8-12H,3-4,7,13-17H2,1-2H3. The Morgan fingerprint density at radius 1 is 1.06 bits per heavy atom. The molecule has 2 aromatic heterocycles. The maximum Gasteiger partial charge on any atom is 0.295 e. The summed E-state index contributed by atoms with van der Waals surface area (Å²) >= 11 is 0. The molecule has 1 fully saturated rings. The van der Waals surface area contributed by atoms with Crippen molar-refractivity contribution in [3.8, 4) is 0 Å². The quantitative estimate of drug-likeness (QED) is 0.614. The minimum Gasteiger partial charge on any atom is -0.348 e. The summed E-state index contributed by atoms with van der Waals surface area (Å²) in [7, 11) is 0. The van der Waals surface area contributed by atoms with Gasteiger partial charge in [0.2, 0.25) is 5.91 Å². The number of aryl methyl sites for hydroxylation is 1. The second kappa shape index (κ2) is 9.29. The van der Waals surface area contributed by atoms with Crippen LogP contribution in [0.3, 0.4) is 0 Å². The Balaban J connectivity index is 1.62. The number of fused-ring (bicyclic) bond motifs is 1. The van der Waals surface area contributed by atoms with Crippen LogP contribution in [0.25, 0.3) is 11.2 Å². The van der Waals surface area contributed by atoms with Gasteiger partial charge >= 0.3 is 0 Å². The van der Waals surface area contributed by atoms with Crippen LogP contribution in [-0.4, -0.2) is 51.5 Å². The maximum atomic E-state index is 13.4. The van der Waals surface area contributed by atoms with E-state index in [2.05, 4.69) is 16.9 Å². The first-order chi connectivity index (χ1) is 15.1. The number of amides is 1. The van der Waals surface area contributed by atoms with Gasteiger partial charge in [-0.15, -0.1) is 0 Å². The van der Waals surface area contributed by atoms with Crippen molar-refractivity contribution in [2.24, 2.45) is 0 Å². The van der Waals surface area contributed by atoms with Crippen LogP contribution in [0.4, 0.5) is 5.82 Å². The molecule has 1 aliphatic rings. The van der Waals surface area contributed by atoms with E-state index in [1.54, 1.807) is 10.8 Å². The minimum absolute atomic E-state index is 0.141. The van der Waals surface area contributed by atoms with E-state index in [0.717, 1.165) is 18.4 Å². The Hall–Kier alpha value is -3.22. The number of hydrogen-bond donors (Lipinski definition) is 0. The summed E-state index contributed by atoms with van der Waals surface area (Å²) in [6.07, 6.45) is 4.22. The molecule has 7 heteroatoms. The van der Waals surface area contributed by atoms with Crippen LogP contribution < -0.4 is 10.5 Å². The van der Waals surface area contributed by atoms with Crippen molar-refractivity contribution in [1.29, 1.82) is 0 Å². The second-order valence-electron chi connectivity index (χ2n) is 8.13. The maximum absolute atomic E-state index is 13.4. The summed E-state index contributed by atoms with van der Waals surface area (Å²) in [6.45, 7) is 7.03. The van der Waals surface area contributed by atoms with E-state index in [4.69, 9.17) is 0 Å². The van der Waals surface area contributed by atoms with Crippen LogP contribution >= 0.6 is 0 Å². The fraction of sp³-hybridized carbons (Fsp3) is 0.417. The third-order valence-corrected chi connectivity index (χ3v) is 5.82. The summed E-state index contributed by atoms with van der Waals surface area (Å²) in [6, 6.07) is 11.9. The molecule has 1 saturated heterocycles. The zero-order valence-corrected chi connectivity index (χ0v) is 18.3. The van der Waals surface area contributed by atoms with Crippen molar-refractivity contribution in [3.63, 3.8) is 0 Å². The van der Waals surface area contributed by atoms with Gasteiger partial charge in [-0.1, -0.05) is 43.2 Å². The number of anilines is 1. The van der Waals surface area contributed by atoms with E-state index in [9.17, 15) is 9.59 Å². The molecule has 3 heterocycles. The number of carbonyl (C=O) groups is 1. The third kappa shape index (κ3) is 4.60. The molecule has 0 unspecified atom stereocenters. The fourth-order valence-corrected chi connectivity index (χ4v) is 3.95. The molecule has 0 bridgehead atoms. The number of benzene rings is 1. The topological polar surface area (TPSA) is 71.3 Å². The number of hydrogen-bond acceptors (Lipinski definition) is 5. The number of rotatable bonds is 6. The zero-order valence-electron chi connectivity index (χ0n) is 18.3. The number of carbonyl (C=O) groups excluding carboxylic acids is 1. The molecule has 0 spiro atoms. The van der Waals surface area contributed by atoms with Crippen molar-refractivity contribution in [2.75, 3.05) is 31.1 Å². The van der Waals surface area contributed by atoms with Crippen molar-refractivity contribution < 1.29 is 4.79 Å². The molecule has 0 radical (unpaired) electrons. The van der Waals surface area contributed by atoms with E-state index in [0.29, 0.717) is 56.1 Å². The molecule has 1 amide bonds. The molecule has 0 N–H and O–H groups in total. The van der Waals surface area contributed by atoms with E-state index < -0.39 is 0 Å². The van der Waals surface area contributed by atoms with Crippen molar-refractivity contribution in [3.05, 3.63) is 64.1 Å². The monoisotopic (exact) mass is 419 g/mol. The summed E-state index contributed by atoms with van der Waals surface area (Å²) < 4.78 is 1.71. The lowest BCUT2D eigenvalue weighted by Crippen LogP contribution is -2.50. The van der Waals surface area contributed by atoms with E-state index >= 15 is 0 Å². The Labute approximate surface area is 182 Å². The molecular formula is C24H29N5O2. The lowest BCUT2D eigenvalue weighted by molar-refractivity contribution is -0.131. The largest absolute Gasteiger partial charge is 0.348 e. The molecule has 3 aromatic rings. The molecule has 1 aliphatic heterocycles. The van der Waals surface area contributed by atoms with Gasteiger partial charge in [0, 0.05) is 38.8 Å². The lowest BCUT2D eigenvalue weighted by atomic mass is 10.1. The minimum atomic E-state index is -0.141. The van der Waals surface area contributed by atoms with Crippen LogP contribution in [0.5, 0.6) is 0 Å². The van der Waals surface area contributed by atoms with Gasteiger partial charge in [-0.3, -0.25) is 14.2 Å². The van der Waals surface area contributed by atoms with Crippen LogP contribution in [0.15, 0.2) is 47.4 Å². The van der Waals surface area contributed by atoms with Crippen LogP contribution in [0.1, 0.15) is 37.3 Å². The highest BCUT2D eigenvalue weighted by atomic mass is 16.2. The Kier molecular flexibility index (Phi) is 6.30. The van der Waals surface area contributed by atoms with Gasteiger partial charge in [-0.05, 0) is 31.0 Å². The van der Waals surface area contributed by atoms with Gasteiger partial charge in [-0.2, -0.15) is 0 Å². The number of unbranched alkanes of at least 4 members (excludes halogenated alkanes) is 1. The summed E-state index contributed by atoms with van der Waals surface area (Å²) in [5, 5.41) is 0. The molecule has 0 aliphatic carbocycles. The molecule has 7 nitrogen and oxygen atoms in total. The smallest absolute Gasteiger partial charge is 0.295 e. The van der Waals surface area contributed by atoms with Gasteiger partial charge in [0.25, 0.3) is 5.56 Å². The van der Waals surface area contributed by atoms with Crippen LogP contribution in [-0.2, 0) is 11.3 Å². The van der Waals surface area contributed by atoms with Crippen LogP contribution in [0, 0.1) is 6.92 Å². The first-order valence-electron chi connectivity index (χ1n) is 11.0. The highest BCUT2D eigenvalue weighted by Crippen LogP contribution is 2.16. The Bertz CT molecular complexity index is 1120. The van der Waals surface area contributed by atoms with Gasteiger partial charge in [0.05, 0.1) is 6.54 Å². The molecule has 162 valence electrons. The summed E-state index contributed by atoms with van der Waals surface area (Å²) in [4.78, 5) is 38.8. The van der Waals surface area contributed by atoms with E-state index in [1.165, 1.54) is 5.56 Å². The summed E-state index contributed by atoms with van der Waals surface area (Å²) in [5.41, 5.74) is 3.37. The normalized spacial score (nSPS) is 14.3. The van der Waals surface area contributed by atoms with Gasteiger partial charge in [0.15, 0.2) is 11.5 Å². The average molecular weight is 420 g/mol. The van der Waals surface area contributed by atoms with E-state index in [-0.39, 0.29) is 11.5 Å². The molecule has 1 aromatic carbocycles. The Morgan fingerprint density at radius 2 is 1.81 bits per heavy atom. The molecule has 4 rings (SSSR count). The molecular weight excluding hydrogens is 390 g/mol. The third-order valence-electron chi connectivity index (χ3n) is 5.82. The molecule has 0 atom stereocenters. The highest BCUT2D eigenvalue weighted by molar-refractivity contribution is 5.76. The number of aromatic nitrogens is 3. The van der Waals surface area contributed by atoms with Crippen molar-refractivity contribution >= 4 is 22.9 Å². The van der Waals surface area contributed by atoms with Crippen molar-refractivity contribution in [2.45, 2.75) is 39.7 Å². The Morgan fingerprint density at radius 3 is 2.52 bits per heavy atom. The van der Waals surface area contributed by atoms with Gasteiger partial charge in [-0.25, -0.2) is 9.97 Å². The average Bonchev–Trinajstić information content (AvgIpc) is 2.80. The van der Waals surface area contributed by atoms with Crippen LogP contribution in [0.2, 0.25) is 0 Å². The van der Waals surface area contributed by atoms with Crippen molar-refractivity contribution in [1.82, 2.24) is 19.4 Å². The molecule has 31 heavy (non-hydrogen) atoms. The van der Waals surface area contributed by atoms with Gasteiger partial charge in [0.1, 0.15) is 5.52 Å². The SMILES string of the molecule is CCCCC(=O)N1CCN(c2nc3cccnc3n(Cc3ccc(C)cc3)c2=O)CC1. The second-order valence-corrected chi connectivity index (χ2v) is 8.13. The fourth-order valence-electron chi connectivity index (χ4n) is 3.95. The number of pyridine rings is 1. The zero-order chi connectivity index (χ0) is 21.8. The predicted octanol–water partition coefficient (Wildman–Crippen LogP) is 2.99. The highest BCUT2D eigenvalue weighted by Gasteiger charge is 2.24. The predicted molar refractivity (Wildman–Crippen MR) is 122 cm³/mol. The van der Waals surface area contributed by atoms with Gasteiger partial charge < -0.3 is 9.80 Å². The summed E-state index contributed by atoms with van der Waals surface area (Å²) in [5.74, 6) is 0.641.